The van der Waals surface area contributed by atoms with Gasteiger partial charge in [-0.25, -0.2) is 10.3 Å². The summed E-state index contributed by atoms with van der Waals surface area (Å²) in [6.07, 6.45) is 3.67. The Morgan fingerprint density at radius 2 is 2.11 bits per heavy atom. The van der Waals surface area contributed by atoms with E-state index in [0.29, 0.717) is 56.0 Å². The molecule has 8 heteroatoms. The van der Waals surface area contributed by atoms with Gasteiger partial charge in [0.15, 0.2) is 5.78 Å². The number of carbonyl (C=O) groups excluding carboxylic acids is 3. The molecule has 0 radical (unpaired) electrons. The highest BCUT2D eigenvalue weighted by Gasteiger charge is 2.19. The number of benzene rings is 1. The van der Waals surface area contributed by atoms with Gasteiger partial charge in [0.2, 0.25) is 0 Å². The fourth-order valence-electron chi connectivity index (χ4n) is 2.72. The highest BCUT2D eigenvalue weighted by atomic mass is 16.6. The zero-order chi connectivity index (χ0) is 19.6. The van der Waals surface area contributed by atoms with Gasteiger partial charge >= 0.3 is 6.09 Å². The Labute approximate surface area is 157 Å². The zero-order valence-electron chi connectivity index (χ0n) is 15.3. The number of hydrogen-bond donors (Lipinski definition) is 2. The summed E-state index contributed by atoms with van der Waals surface area (Å²) in [7, 11) is 0. The van der Waals surface area contributed by atoms with Crippen LogP contribution >= 0.6 is 0 Å². The minimum Gasteiger partial charge on any atom is -0.493 e. The van der Waals surface area contributed by atoms with Crippen LogP contribution in [0.25, 0.3) is 6.08 Å². The first-order chi connectivity index (χ1) is 13.0. The topological polar surface area (TPSA) is 105 Å². The van der Waals surface area contributed by atoms with Crippen molar-refractivity contribution < 1.29 is 29.1 Å². The second-order valence-electron chi connectivity index (χ2n) is 5.98. The van der Waals surface area contributed by atoms with E-state index in [4.69, 9.17) is 14.7 Å². The van der Waals surface area contributed by atoms with Gasteiger partial charge in [-0.1, -0.05) is 6.07 Å². The van der Waals surface area contributed by atoms with Crippen molar-refractivity contribution in [3.8, 4) is 5.75 Å². The van der Waals surface area contributed by atoms with Crippen LogP contribution < -0.4 is 10.2 Å². The molecule has 1 aliphatic heterocycles. The highest BCUT2D eigenvalue weighted by Crippen LogP contribution is 2.24. The molecule has 1 aliphatic rings. The van der Waals surface area contributed by atoms with Gasteiger partial charge in [0.25, 0.3) is 5.91 Å². The summed E-state index contributed by atoms with van der Waals surface area (Å²) >= 11 is 0. The third-order valence-electron chi connectivity index (χ3n) is 4.03. The Bertz CT molecular complexity index is 716. The molecule has 1 aromatic carbocycles. The van der Waals surface area contributed by atoms with Gasteiger partial charge in [0.1, 0.15) is 5.75 Å². The number of rotatable bonds is 3. The van der Waals surface area contributed by atoms with Gasteiger partial charge in [-0.05, 0) is 43.5 Å². The van der Waals surface area contributed by atoms with Gasteiger partial charge < -0.3 is 14.4 Å². The monoisotopic (exact) mass is 376 g/mol. The van der Waals surface area contributed by atoms with Crippen molar-refractivity contribution >= 4 is 23.9 Å². The zero-order valence-corrected chi connectivity index (χ0v) is 15.3. The second kappa shape index (κ2) is 10.3. The molecule has 0 aromatic heterocycles. The fourth-order valence-corrected chi connectivity index (χ4v) is 2.72. The van der Waals surface area contributed by atoms with Gasteiger partial charge in [0, 0.05) is 25.6 Å². The third kappa shape index (κ3) is 6.10. The molecule has 1 heterocycles. The summed E-state index contributed by atoms with van der Waals surface area (Å²) in [5, 5.41) is 8.53. The summed E-state index contributed by atoms with van der Waals surface area (Å²) in [6, 6.07) is 5.06. The van der Waals surface area contributed by atoms with Crippen molar-refractivity contribution in [2.45, 2.75) is 26.2 Å². The van der Waals surface area contributed by atoms with Gasteiger partial charge in [-0.15, -0.1) is 0 Å². The molecule has 27 heavy (non-hydrogen) atoms. The quantitative estimate of drug-likeness (QED) is 0.477. The van der Waals surface area contributed by atoms with Crippen LogP contribution in [0.5, 0.6) is 5.75 Å². The molecule has 0 fully saturated rings. The molecule has 2 amide bonds. The Morgan fingerprint density at radius 1 is 1.33 bits per heavy atom. The summed E-state index contributed by atoms with van der Waals surface area (Å²) in [5.74, 6) is -0.279. The first kappa shape index (κ1) is 20.4. The van der Waals surface area contributed by atoms with E-state index < -0.39 is 5.91 Å². The third-order valence-corrected chi connectivity index (χ3v) is 4.03. The number of fused-ring (bicyclic) bond motifs is 1. The number of carbonyl (C=O) groups is 3. The Hall–Kier alpha value is -2.87. The number of ether oxygens (including phenoxy) is 2. The Morgan fingerprint density at radius 3 is 2.85 bits per heavy atom. The molecule has 8 nitrogen and oxygen atoms in total. The van der Waals surface area contributed by atoms with E-state index >= 15 is 0 Å². The van der Waals surface area contributed by atoms with Gasteiger partial charge in [-0.2, -0.15) is 0 Å². The standard InChI is InChI=1S/C19H24N2O6/c1-2-26-19(24)21-10-3-5-16(22)15-13-14(7-9-18(23)20-25)6-8-17(15)27-12-4-11-21/h6-9,13,25H,2-5,10-12H2,1H3,(H,20,23)/b9-7+. The molecular formula is C19H24N2O6. The average Bonchev–Trinajstić information content (AvgIpc) is 2.71. The molecule has 1 aromatic rings. The van der Waals surface area contributed by atoms with Crippen molar-refractivity contribution in [1.82, 2.24) is 10.4 Å². The van der Waals surface area contributed by atoms with Crippen LogP contribution in [0.3, 0.4) is 0 Å². The minimum absolute atomic E-state index is 0.0995. The van der Waals surface area contributed by atoms with Crippen LogP contribution in [0.15, 0.2) is 24.3 Å². The van der Waals surface area contributed by atoms with E-state index in [1.165, 1.54) is 11.6 Å². The first-order valence-corrected chi connectivity index (χ1v) is 8.89. The summed E-state index contributed by atoms with van der Waals surface area (Å²) < 4.78 is 10.8. The van der Waals surface area contributed by atoms with E-state index in [-0.39, 0.29) is 18.3 Å². The van der Waals surface area contributed by atoms with E-state index in [2.05, 4.69) is 0 Å². The molecule has 0 saturated carbocycles. The van der Waals surface area contributed by atoms with Gasteiger partial charge in [0.05, 0.1) is 18.8 Å². The largest absolute Gasteiger partial charge is 0.493 e. The number of hydroxylamine groups is 1. The average molecular weight is 376 g/mol. The molecule has 2 N–H and O–H groups in total. The van der Waals surface area contributed by atoms with E-state index in [0.717, 1.165) is 6.08 Å². The second-order valence-corrected chi connectivity index (χ2v) is 5.98. The number of nitrogens with zero attached hydrogens (tertiary/aromatic N) is 1. The number of hydrogen-bond acceptors (Lipinski definition) is 6. The number of Topliss-reactive ketones (excluding diaryl/α,β-unsaturated/α-hetero) is 1. The van der Waals surface area contributed by atoms with Crippen LogP contribution in [0.4, 0.5) is 4.79 Å². The molecule has 0 bridgehead atoms. The Kier molecular flexibility index (Phi) is 7.81. The van der Waals surface area contributed by atoms with Crippen LogP contribution in [0.2, 0.25) is 0 Å². The summed E-state index contributed by atoms with van der Waals surface area (Å²) in [6.45, 7) is 3.36. The van der Waals surface area contributed by atoms with E-state index in [1.807, 2.05) is 0 Å². The summed E-state index contributed by atoms with van der Waals surface area (Å²) in [4.78, 5) is 37.3. The highest BCUT2D eigenvalue weighted by molar-refractivity contribution is 5.99. The first-order valence-electron chi connectivity index (χ1n) is 8.89. The fraction of sp³-hybridized carbons (Fsp3) is 0.421. The maximum atomic E-state index is 12.6. The van der Waals surface area contributed by atoms with Crippen molar-refractivity contribution in [3.05, 3.63) is 35.4 Å². The van der Waals surface area contributed by atoms with Gasteiger partial charge in [-0.3, -0.25) is 14.8 Å². The maximum Gasteiger partial charge on any atom is 0.409 e. The van der Waals surface area contributed by atoms with Crippen LogP contribution in [-0.4, -0.2) is 54.2 Å². The maximum absolute atomic E-state index is 12.6. The molecular weight excluding hydrogens is 352 g/mol. The Balaban J connectivity index is 2.15. The molecule has 0 aliphatic carbocycles. The lowest BCUT2D eigenvalue weighted by atomic mass is 10.0. The molecule has 2 rings (SSSR count). The normalized spacial score (nSPS) is 15.5. The predicted molar refractivity (Wildman–Crippen MR) is 97.7 cm³/mol. The molecule has 0 atom stereocenters. The number of nitrogens with one attached hydrogen (secondary N) is 1. The number of ketones is 1. The van der Waals surface area contributed by atoms with Crippen LogP contribution in [0, 0.1) is 0 Å². The molecule has 0 unspecified atom stereocenters. The molecule has 0 saturated heterocycles. The van der Waals surface area contributed by atoms with Crippen LogP contribution in [-0.2, 0) is 9.53 Å². The molecule has 146 valence electrons. The summed E-state index contributed by atoms with van der Waals surface area (Å²) in [5.41, 5.74) is 2.58. The van der Waals surface area contributed by atoms with Crippen molar-refractivity contribution in [1.29, 1.82) is 0 Å². The van der Waals surface area contributed by atoms with Crippen LogP contribution in [0.1, 0.15) is 42.1 Å². The van der Waals surface area contributed by atoms with Crippen molar-refractivity contribution in [2.24, 2.45) is 0 Å². The predicted octanol–water partition coefficient (Wildman–Crippen LogP) is 2.41. The van der Waals surface area contributed by atoms with E-state index in [1.54, 1.807) is 30.0 Å². The SMILES string of the molecule is CCOC(=O)N1CCCOc2ccc(/C=C/C(=O)NO)cc2C(=O)CCC1. The van der Waals surface area contributed by atoms with E-state index in [9.17, 15) is 14.4 Å². The lowest BCUT2D eigenvalue weighted by Crippen LogP contribution is -2.34. The minimum atomic E-state index is -0.659. The van der Waals surface area contributed by atoms with Crippen molar-refractivity contribution in [2.75, 3.05) is 26.3 Å². The lowest BCUT2D eigenvalue weighted by molar-refractivity contribution is -0.124. The molecule has 0 spiro atoms. The van der Waals surface area contributed by atoms with Crippen molar-refractivity contribution in [3.63, 3.8) is 0 Å². The lowest BCUT2D eigenvalue weighted by Gasteiger charge is -2.21. The smallest absolute Gasteiger partial charge is 0.409 e. The number of amides is 2.